The van der Waals surface area contributed by atoms with Crippen molar-refractivity contribution >= 4 is 0 Å². The van der Waals surface area contributed by atoms with Crippen LogP contribution in [-0.2, 0) is 11.2 Å². The van der Waals surface area contributed by atoms with Gasteiger partial charge in [-0.05, 0) is 6.92 Å². The predicted molar refractivity (Wildman–Crippen MR) is 53.4 cm³/mol. The van der Waals surface area contributed by atoms with E-state index in [9.17, 15) is 13.9 Å². The first-order valence-corrected chi connectivity index (χ1v) is 5.12. The average molecular weight is 251 g/mol. The molecule has 0 aliphatic heterocycles. The Balaban J connectivity index is 2.36. The number of nitrogens with zero attached hydrogens (tertiary/aromatic N) is 2. The molecule has 0 fully saturated rings. The second-order valence-electron chi connectivity index (χ2n) is 3.53. The molecule has 1 heterocycles. The number of halogens is 2. The molecule has 3 N–H and O–H groups in total. The first kappa shape index (κ1) is 13.9. The van der Waals surface area contributed by atoms with Gasteiger partial charge < -0.3 is 20.1 Å². The molecule has 0 spiro atoms. The van der Waals surface area contributed by atoms with Gasteiger partial charge in [0.25, 0.3) is 6.43 Å². The fourth-order valence-corrected chi connectivity index (χ4v) is 1.05. The summed E-state index contributed by atoms with van der Waals surface area (Å²) in [7, 11) is 0. The van der Waals surface area contributed by atoms with E-state index in [2.05, 4.69) is 14.9 Å². The Labute approximate surface area is 96.7 Å². The van der Waals surface area contributed by atoms with Gasteiger partial charge in [0.1, 0.15) is 12.6 Å². The quantitative estimate of drug-likeness (QED) is 0.676. The highest BCUT2D eigenvalue weighted by Crippen LogP contribution is 2.11. The number of aliphatic hydroxyl groups excluding tert-OH is 1. The number of nitrogens with two attached hydrogens (primary N) is 1. The zero-order chi connectivity index (χ0) is 12.8. The van der Waals surface area contributed by atoms with Crippen molar-refractivity contribution in [2.45, 2.75) is 31.9 Å². The van der Waals surface area contributed by atoms with Crippen molar-refractivity contribution in [2.24, 2.45) is 5.73 Å². The lowest BCUT2D eigenvalue weighted by Gasteiger charge is -2.08. The third-order valence-electron chi connectivity index (χ3n) is 2.00. The minimum absolute atomic E-state index is 0.0766. The third kappa shape index (κ3) is 4.72. The van der Waals surface area contributed by atoms with Crippen molar-refractivity contribution in [3.63, 3.8) is 0 Å². The molecule has 0 amide bonds. The average Bonchev–Trinajstić information content (AvgIpc) is 2.71. The predicted octanol–water partition coefficient (Wildman–Crippen LogP) is 0.274. The molecule has 0 saturated heterocycles. The lowest BCUT2D eigenvalue weighted by Crippen LogP contribution is -2.23. The number of aliphatic hydroxyl groups is 1. The van der Waals surface area contributed by atoms with Crippen LogP contribution < -0.4 is 5.73 Å². The van der Waals surface area contributed by atoms with E-state index < -0.39 is 25.2 Å². The molecular formula is C9H15F2N3O3. The van der Waals surface area contributed by atoms with Gasteiger partial charge in [0.15, 0.2) is 5.82 Å². The molecule has 0 aliphatic carbocycles. The topological polar surface area (TPSA) is 94.4 Å². The van der Waals surface area contributed by atoms with Gasteiger partial charge in [-0.2, -0.15) is 4.98 Å². The largest absolute Gasteiger partial charge is 0.391 e. The first-order valence-electron chi connectivity index (χ1n) is 5.12. The maximum atomic E-state index is 11.7. The van der Waals surface area contributed by atoms with E-state index in [0.29, 0.717) is 5.82 Å². The summed E-state index contributed by atoms with van der Waals surface area (Å²) in [6.45, 7) is 0.964. The van der Waals surface area contributed by atoms with Crippen LogP contribution in [0.25, 0.3) is 0 Å². The zero-order valence-electron chi connectivity index (χ0n) is 9.34. The molecule has 1 aromatic heterocycles. The Kier molecular flexibility index (Phi) is 5.39. The normalized spacial score (nSPS) is 15.2. The second-order valence-corrected chi connectivity index (χ2v) is 3.53. The van der Waals surface area contributed by atoms with Crippen LogP contribution in [-0.4, -0.2) is 41.0 Å². The maximum Gasteiger partial charge on any atom is 0.261 e. The van der Waals surface area contributed by atoms with Crippen LogP contribution in [0.15, 0.2) is 4.52 Å². The van der Waals surface area contributed by atoms with E-state index in [-0.39, 0.29) is 18.9 Å². The second kappa shape index (κ2) is 6.58. The molecule has 6 nitrogen and oxygen atoms in total. The highest BCUT2D eigenvalue weighted by molar-refractivity contribution is 4.93. The van der Waals surface area contributed by atoms with E-state index in [1.807, 2.05) is 0 Å². The third-order valence-corrected chi connectivity index (χ3v) is 2.00. The van der Waals surface area contributed by atoms with Gasteiger partial charge in [0.05, 0.1) is 12.7 Å². The summed E-state index contributed by atoms with van der Waals surface area (Å²) in [5.74, 6) is 0.425. The van der Waals surface area contributed by atoms with Gasteiger partial charge in [0, 0.05) is 6.42 Å². The fourth-order valence-electron chi connectivity index (χ4n) is 1.05. The number of alkyl halides is 2. The Morgan fingerprint density at radius 3 is 2.82 bits per heavy atom. The van der Waals surface area contributed by atoms with Crippen LogP contribution in [0, 0.1) is 0 Å². The number of ether oxygens (including phenoxy) is 1. The van der Waals surface area contributed by atoms with E-state index in [4.69, 9.17) is 10.3 Å². The number of rotatable bonds is 7. The summed E-state index contributed by atoms with van der Waals surface area (Å²) >= 11 is 0. The van der Waals surface area contributed by atoms with Crippen molar-refractivity contribution in [1.29, 1.82) is 0 Å². The SMILES string of the molecule is C[C@@H](O)[C@H](N)c1nc(CCOCC(F)F)no1. The van der Waals surface area contributed by atoms with Crippen LogP contribution in [0.3, 0.4) is 0 Å². The molecule has 1 rings (SSSR count). The van der Waals surface area contributed by atoms with Gasteiger partial charge in [-0.25, -0.2) is 8.78 Å². The monoisotopic (exact) mass is 251 g/mol. The molecule has 8 heteroatoms. The molecule has 1 aromatic rings. The summed E-state index contributed by atoms with van der Waals surface area (Å²) in [6, 6.07) is -0.752. The van der Waals surface area contributed by atoms with Crippen LogP contribution in [0.1, 0.15) is 24.7 Å². The molecule has 17 heavy (non-hydrogen) atoms. The molecule has 0 unspecified atom stereocenters. The van der Waals surface area contributed by atoms with Crippen LogP contribution >= 0.6 is 0 Å². The van der Waals surface area contributed by atoms with Gasteiger partial charge in [-0.3, -0.25) is 0 Å². The van der Waals surface area contributed by atoms with E-state index in [1.165, 1.54) is 6.92 Å². The van der Waals surface area contributed by atoms with Crippen molar-refractivity contribution in [2.75, 3.05) is 13.2 Å². The van der Waals surface area contributed by atoms with E-state index in [0.717, 1.165) is 0 Å². The Bertz CT molecular complexity index is 333. The summed E-state index contributed by atoms with van der Waals surface area (Å²) < 4.78 is 33.0. The van der Waals surface area contributed by atoms with Crippen molar-refractivity contribution < 1.29 is 23.1 Å². The minimum Gasteiger partial charge on any atom is -0.391 e. The zero-order valence-corrected chi connectivity index (χ0v) is 9.34. The number of hydrogen-bond acceptors (Lipinski definition) is 6. The molecule has 0 aromatic carbocycles. The molecule has 0 bridgehead atoms. The summed E-state index contributed by atoms with van der Waals surface area (Å²) in [5, 5.41) is 12.8. The van der Waals surface area contributed by atoms with Crippen LogP contribution in [0.5, 0.6) is 0 Å². The molecule has 2 atom stereocenters. The maximum absolute atomic E-state index is 11.7. The van der Waals surface area contributed by atoms with E-state index >= 15 is 0 Å². The lowest BCUT2D eigenvalue weighted by atomic mass is 10.2. The summed E-state index contributed by atoms with van der Waals surface area (Å²) in [5.41, 5.74) is 5.57. The van der Waals surface area contributed by atoms with Crippen molar-refractivity contribution in [1.82, 2.24) is 10.1 Å². The Hall–Kier alpha value is -1.12. The van der Waals surface area contributed by atoms with Gasteiger partial charge in [-0.1, -0.05) is 5.16 Å². The molecule has 0 aliphatic rings. The van der Waals surface area contributed by atoms with Gasteiger partial charge >= 0.3 is 0 Å². The van der Waals surface area contributed by atoms with Crippen LogP contribution in [0.4, 0.5) is 8.78 Å². The smallest absolute Gasteiger partial charge is 0.261 e. The number of aromatic nitrogens is 2. The molecular weight excluding hydrogens is 236 g/mol. The van der Waals surface area contributed by atoms with Gasteiger partial charge in [0.2, 0.25) is 5.89 Å². The highest BCUT2D eigenvalue weighted by atomic mass is 19.3. The summed E-state index contributed by atoms with van der Waals surface area (Å²) in [4.78, 5) is 3.92. The standard InChI is InChI=1S/C9H15F2N3O3/c1-5(15)8(12)9-13-7(14-17-9)2-3-16-4-6(10)11/h5-6,8,15H,2-4,12H2,1H3/t5-,8+/m1/s1. The number of hydrogen-bond donors (Lipinski definition) is 2. The molecule has 0 saturated carbocycles. The van der Waals surface area contributed by atoms with Crippen molar-refractivity contribution in [3.05, 3.63) is 11.7 Å². The lowest BCUT2D eigenvalue weighted by molar-refractivity contribution is 0.0182. The fraction of sp³-hybridized carbons (Fsp3) is 0.778. The molecule has 0 radical (unpaired) electrons. The van der Waals surface area contributed by atoms with Gasteiger partial charge in [-0.15, -0.1) is 0 Å². The van der Waals surface area contributed by atoms with E-state index in [1.54, 1.807) is 0 Å². The Morgan fingerprint density at radius 2 is 2.24 bits per heavy atom. The van der Waals surface area contributed by atoms with Crippen LogP contribution in [0.2, 0.25) is 0 Å². The Morgan fingerprint density at radius 1 is 1.53 bits per heavy atom. The highest BCUT2D eigenvalue weighted by Gasteiger charge is 2.19. The minimum atomic E-state index is -2.49. The first-order chi connectivity index (χ1) is 8.00. The molecule has 98 valence electrons. The van der Waals surface area contributed by atoms with Crippen molar-refractivity contribution in [3.8, 4) is 0 Å². The summed E-state index contributed by atoms with van der Waals surface area (Å²) in [6.07, 6.45) is -3.04.